The molecule has 0 aliphatic carbocycles. The minimum Gasteiger partial charge on any atom is -0.326 e. The second kappa shape index (κ2) is 4.47. The SMILES string of the molecule is O=C1Cc2cc(CN3CCNCC3)ccc2N1. The molecular weight excluding hydrogens is 214 g/mol. The number of fused-ring (bicyclic) bond motifs is 1. The molecule has 1 aromatic carbocycles. The van der Waals surface area contributed by atoms with E-state index in [0.29, 0.717) is 6.42 Å². The fourth-order valence-electron chi connectivity index (χ4n) is 2.51. The maximum Gasteiger partial charge on any atom is 0.228 e. The van der Waals surface area contributed by atoms with Crippen molar-refractivity contribution in [1.29, 1.82) is 0 Å². The first kappa shape index (κ1) is 10.7. The number of carbonyl (C=O) groups excluding carboxylic acids is 1. The van der Waals surface area contributed by atoms with Crippen LogP contribution in [0.25, 0.3) is 0 Å². The van der Waals surface area contributed by atoms with Crippen LogP contribution in [-0.4, -0.2) is 37.0 Å². The van der Waals surface area contributed by atoms with Crippen LogP contribution in [0.15, 0.2) is 18.2 Å². The molecule has 4 heteroatoms. The molecule has 1 saturated heterocycles. The van der Waals surface area contributed by atoms with Gasteiger partial charge in [-0.1, -0.05) is 12.1 Å². The molecule has 0 spiro atoms. The van der Waals surface area contributed by atoms with E-state index in [0.717, 1.165) is 44.0 Å². The minimum absolute atomic E-state index is 0.110. The van der Waals surface area contributed by atoms with Gasteiger partial charge >= 0.3 is 0 Å². The van der Waals surface area contributed by atoms with Gasteiger partial charge in [0.05, 0.1) is 6.42 Å². The lowest BCUT2D eigenvalue weighted by Gasteiger charge is -2.27. The summed E-state index contributed by atoms with van der Waals surface area (Å²) in [6, 6.07) is 6.31. The van der Waals surface area contributed by atoms with Crippen LogP contribution in [0.5, 0.6) is 0 Å². The zero-order valence-electron chi connectivity index (χ0n) is 9.83. The molecule has 0 saturated carbocycles. The fourth-order valence-corrected chi connectivity index (χ4v) is 2.51. The number of piperazine rings is 1. The first-order valence-corrected chi connectivity index (χ1v) is 6.16. The van der Waals surface area contributed by atoms with Crippen molar-refractivity contribution in [3.05, 3.63) is 29.3 Å². The highest BCUT2D eigenvalue weighted by Crippen LogP contribution is 2.24. The Morgan fingerprint density at radius 2 is 2.06 bits per heavy atom. The van der Waals surface area contributed by atoms with Gasteiger partial charge in [0.15, 0.2) is 0 Å². The largest absolute Gasteiger partial charge is 0.326 e. The summed E-state index contributed by atoms with van der Waals surface area (Å²) < 4.78 is 0. The van der Waals surface area contributed by atoms with E-state index in [1.165, 1.54) is 5.56 Å². The molecule has 1 aromatic rings. The summed E-state index contributed by atoms with van der Waals surface area (Å²) in [5.41, 5.74) is 3.43. The van der Waals surface area contributed by atoms with Crippen molar-refractivity contribution in [2.75, 3.05) is 31.5 Å². The molecular formula is C13H17N3O. The van der Waals surface area contributed by atoms with E-state index >= 15 is 0 Å². The lowest BCUT2D eigenvalue weighted by Crippen LogP contribution is -2.42. The van der Waals surface area contributed by atoms with E-state index in [2.05, 4.69) is 27.7 Å². The van der Waals surface area contributed by atoms with Crippen LogP contribution >= 0.6 is 0 Å². The van der Waals surface area contributed by atoms with Crippen molar-refractivity contribution in [2.45, 2.75) is 13.0 Å². The third-order valence-corrected chi connectivity index (χ3v) is 3.41. The van der Waals surface area contributed by atoms with E-state index in [9.17, 15) is 4.79 Å². The van der Waals surface area contributed by atoms with Gasteiger partial charge in [-0.25, -0.2) is 0 Å². The van der Waals surface area contributed by atoms with Crippen molar-refractivity contribution >= 4 is 11.6 Å². The summed E-state index contributed by atoms with van der Waals surface area (Å²) in [6.07, 6.45) is 0.532. The van der Waals surface area contributed by atoms with E-state index in [4.69, 9.17) is 0 Å². The van der Waals surface area contributed by atoms with Gasteiger partial charge in [-0.3, -0.25) is 9.69 Å². The number of rotatable bonds is 2. The molecule has 0 unspecified atom stereocenters. The molecule has 2 aliphatic heterocycles. The molecule has 1 amide bonds. The van der Waals surface area contributed by atoms with Crippen LogP contribution in [0.3, 0.4) is 0 Å². The van der Waals surface area contributed by atoms with Gasteiger partial charge in [0.1, 0.15) is 0 Å². The maximum absolute atomic E-state index is 11.3. The van der Waals surface area contributed by atoms with E-state index < -0.39 is 0 Å². The van der Waals surface area contributed by atoms with Crippen LogP contribution in [0.4, 0.5) is 5.69 Å². The number of hydrogen-bond donors (Lipinski definition) is 2. The van der Waals surface area contributed by atoms with Gasteiger partial charge in [-0.05, 0) is 17.2 Å². The summed E-state index contributed by atoms with van der Waals surface area (Å²) in [7, 11) is 0. The monoisotopic (exact) mass is 231 g/mol. The summed E-state index contributed by atoms with van der Waals surface area (Å²) >= 11 is 0. The molecule has 2 N–H and O–H groups in total. The molecule has 90 valence electrons. The highest BCUT2D eigenvalue weighted by molar-refractivity contribution is 5.99. The lowest BCUT2D eigenvalue weighted by atomic mass is 10.1. The number of benzene rings is 1. The van der Waals surface area contributed by atoms with Crippen molar-refractivity contribution in [1.82, 2.24) is 10.2 Å². The first-order valence-electron chi connectivity index (χ1n) is 6.16. The predicted molar refractivity (Wildman–Crippen MR) is 66.9 cm³/mol. The highest BCUT2D eigenvalue weighted by atomic mass is 16.1. The summed E-state index contributed by atoms with van der Waals surface area (Å²) in [6.45, 7) is 5.35. The van der Waals surface area contributed by atoms with Gasteiger partial charge < -0.3 is 10.6 Å². The van der Waals surface area contributed by atoms with Crippen LogP contribution in [-0.2, 0) is 17.8 Å². The summed E-state index contributed by atoms with van der Waals surface area (Å²) in [5.74, 6) is 0.110. The molecule has 3 rings (SSSR count). The molecule has 2 aliphatic rings. The number of carbonyl (C=O) groups is 1. The lowest BCUT2D eigenvalue weighted by molar-refractivity contribution is -0.115. The van der Waals surface area contributed by atoms with Crippen molar-refractivity contribution in [2.24, 2.45) is 0 Å². The predicted octanol–water partition coefficient (Wildman–Crippen LogP) is 0.586. The number of anilines is 1. The van der Waals surface area contributed by atoms with Crippen LogP contribution in [0, 0.1) is 0 Å². The normalized spacial score (nSPS) is 20.1. The number of amides is 1. The number of nitrogens with zero attached hydrogens (tertiary/aromatic N) is 1. The van der Waals surface area contributed by atoms with Crippen LogP contribution in [0.2, 0.25) is 0 Å². The Bertz CT molecular complexity index is 438. The minimum atomic E-state index is 0.110. The average molecular weight is 231 g/mol. The Morgan fingerprint density at radius 1 is 1.24 bits per heavy atom. The smallest absolute Gasteiger partial charge is 0.228 e. The second-order valence-electron chi connectivity index (χ2n) is 4.74. The van der Waals surface area contributed by atoms with E-state index in [-0.39, 0.29) is 5.91 Å². The Hall–Kier alpha value is -1.39. The van der Waals surface area contributed by atoms with Gasteiger partial charge in [0, 0.05) is 38.4 Å². The van der Waals surface area contributed by atoms with Crippen molar-refractivity contribution in [3.63, 3.8) is 0 Å². The standard InChI is InChI=1S/C13H17N3O/c17-13-8-11-7-10(1-2-12(11)15-13)9-16-5-3-14-4-6-16/h1-2,7,14H,3-6,8-9H2,(H,15,17). The maximum atomic E-state index is 11.3. The fraction of sp³-hybridized carbons (Fsp3) is 0.462. The molecule has 2 heterocycles. The van der Waals surface area contributed by atoms with E-state index in [1.54, 1.807) is 0 Å². The summed E-state index contributed by atoms with van der Waals surface area (Å²) in [4.78, 5) is 13.7. The molecule has 0 radical (unpaired) electrons. The molecule has 0 aromatic heterocycles. The van der Waals surface area contributed by atoms with Gasteiger partial charge in [0.25, 0.3) is 0 Å². The van der Waals surface area contributed by atoms with Crippen LogP contribution < -0.4 is 10.6 Å². The van der Waals surface area contributed by atoms with Gasteiger partial charge in [-0.15, -0.1) is 0 Å². The first-order chi connectivity index (χ1) is 8.31. The highest BCUT2D eigenvalue weighted by Gasteiger charge is 2.18. The molecule has 0 atom stereocenters. The average Bonchev–Trinajstić information content (AvgIpc) is 2.70. The number of hydrogen-bond acceptors (Lipinski definition) is 3. The number of nitrogens with one attached hydrogen (secondary N) is 2. The molecule has 1 fully saturated rings. The Morgan fingerprint density at radius 3 is 2.88 bits per heavy atom. The Kier molecular flexibility index (Phi) is 2.82. The zero-order valence-corrected chi connectivity index (χ0v) is 9.83. The third-order valence-electron chi connectivity index (χ3n) is 3.41. The molecule has 0 bridgehead atoms. The molecule has 17 heavy (non-hydrogen) atoms. The zero-order chi connectivity index (χ0) is 11.7. The Labute approximate surface area is 101 Å². The quantitative estimate of drug-likeness (QED) is 0.783. The van der Waals surface area contributed by atoms with E-state index in [1.807, 2.05) is 6.07 Å². The summed E-state index contributed by atoms with van der Waals surface area (Å²) in [5, 5.41) is 6.22. The molecule has 4 nitrogen and oxygen atoms in total. The van der Waals surface area contributed by atoms with Crippen molar-refractivity contribution in [3.8, 4) is 0 Å². The second-order valence-corrected chi connectivity index (χ2v) is 4.74. The van der Waals surface area contributed by atoms with Gasteiger partial charge in [-0.2, -0.15) is 0 Å². The Balaban J connectivity index is 1.72. The van der Waals surface area contributed by atoms with Gasteiger partial charge in [0.2, 0.25) is 5.91 Å². The third kappa shape index (κ3) is 2.33. The van der Waals surface area contributed by atoms with Crippen LogP contribution in [0.1, 0.15) is 11.1 Å². The topological polar surface area (TPSA) is 44.4 Å². The van der Waals surface area contributed by atoms with Crippen molar-refractivity contribution < 1.29 is 4.79 Å².